The highest BCUT2D eigenvalue weighted by Crippen LogP contribution is 2.28. The summed E-state index contributed by atoms with van der Waals surface area (Å²) >= 11 is 6.06. The molecule has 2 saturated heterocycles. The first-order chi connectivity index (χ1) is 13.5. The Balaban J connectivity index is 1.36. The molecule has 2 aliphatic heterocycles. The summed E-state index contributed by atoms with van der Waals surface area (Å²) in [4.78, 5) is 17.9. The lowest BCUT2D eigenvalue weighted by atomic mass is 9.93. The summed E-state index contributed by atoms with van der Waals surface area (Å²) in [5.41, 5.74) is 0.798. The lowest BCUT2D eigenvalue weighted by Crippen LogP contribution is -2.50. The van der Waals surface area contributed by atoms with E-state index in [9.17, 15) is 4.79 Å². The van der Waals surface area contributed by atoms with Gasteiger partial charge >= 0.3 is 0 Å². The van der Waals surface area contributed by atoms with Gasteiger partial charge in [-0.15, -0.1) is 0 Å². The van der Waals surface area contributed by atoms with Gasteiger partial charge in [-0.05, 0) is 83.6 Å². The highest BCUT2D eigenvalue weighted by molar-refractivity contribution is 6.31. The minimum absolute atomic E-state index is 0.0645. The molecule has 0 unspecified atom stereocenters. The first-order valence-electron chi connectivity index (χ1n) is 10.4. The summed E-state index contributed by atoms with van der Waals surface area (Å²) in [7, 11) is 2.19. The van der Waals surface area contributed by atoms with Crippen molar-refractivity contribution < 1.29 is 9.21 Å². The number of fused-ring (bicyclic) bond motifs is 1. The number of rotatable bonds is 4. The maximum atomic E-state index is 12.9. The molecule has 0 radical (unpaired) electrons. The van der Waals surface area contributed by atoms with Crippen LogP contribution < -0.4 is 5.32 Å². The van der Waals surface area contributed by atoms with Gasteiger partial charge in [0.2, 0.25) is 5.91 Å². The van der Waals surface area contributed by atoms with Gasteiger partial charge in [0.05, 0.1) is 12.0 Å². The van der Waals surface area contributed by atoms with Gasteiger partial charge in [0, 0.05) is 23.0 Å². The van der Waals surface area contributed by atoms with E-state index in [-0.39, 0.29) is 17.9 Å². The number of carbonyl (C=O) groups is 1. The molecule has 1 N–H and O–H groups in total. The lowest BCUT2D eigenvalue weighted by molar-refractivity contribution is -0.128. The minimum Gasteiger partial charge on any atom is -0.459 e. The quantitative estimate of drug-likeness (QED) is 0.835. The number of piperidine rings is 2. The third-order valence-electron chi connectivity index (χ3n) is 6.31. The molecule has 152 valence electrons. The number of nitrogens with zero attached hydrogens (tertiary/aromatic N) is 2. The van der Waals surface area contributed by atoms with E-state index >= 15 is 0 Å². The zero-order valence-corrected chi connectivity index (χ0v) is 17.5. The number of benzene rings is 1. The summed E-state index contributed by atoms with van der Waals surface area (Å²) in [5.74, 6) is 0.979. The van der Waals surface area contributed by atoms with Crippen LogP contribution in [0.15, 0.2) is 28.7 Å². The van der Waals surface area contributed by atoms with E-state index in [0.717, 1.165) is 55.8 Å². The molecule has 0 aliphatic carbocycles. The summed E-state index contributed by atoms with van der Waals surface area (Å²) in [5, 5.41) is 4.83. The number of carbonyl (C=O) groups excluding carboxylic acids is 1. The number of halogens is 1. The molecule has 4 rings (SSSR count). The van der Waals surface area contributed by atoms with Crippen LogP contribution in [-0.2, 0) is 4.79 Å². The molecule has 2 aliphatic rings. The molecule has 1 amide bonds. The SMILES string of the molecule is C[C@@H](NC(=O)[C@H]1CCCN(C2CCN(C)CC2)C1)c1cc2cc(Cl)ccc2o1. The first-order valence-corrected chi connectivity index (χ1v) is 10.8. The smallest absolute Gasteiger partial charge is 0.224 e. The van der Waals surface area contributed by atoms with Crippen molar-refractivity contribution in [1.82, 2.24) is 15.1 Å². The lowest BCUT2D eigenvalue weighted by Gasteiger charge is -2.41. The van der Waals surface area contributed by atoms with Crippen LogP contribution in [0.25, 0.3) is 11.0 Å². The van der Waals surface area contributed by atoms with Crippen LogP contribution >= 0.6 is 11.6 Å². The van der Waals surface area contributed by atoms with Crippen LogP contribution in [-0.4, -0.2) is 55.0 Å². The van der Waals surface area contributed by atoms with Gasteiger partial charge in [0.25, 0.3) is 0 Å². The normalized spacial score (nSPS) is 23.8. The predicted molar refractivity (Wildman–Crippen MR) is 113 cm³/mol. The molecule has 1 aromatic heterocycles. The van der Waals surface area contributed by atoms with Gasteiger partial charge in [0.15, 0.2) is 0 Å². The fourth-order valence-corrected chi connectivity index (χ4v) is 4.74. The van der Waals surface area contributed by atoms with Gasteiger partial charge in [-0.1, -0.05) is 11.6 Å². The fraction of sp³-hybridized carbons (Fsp3) is 0.591. The zero-order chi connectivity index (χ0) is 19.7. The maximum absolute atomic E-state index is 12.9. The maximum Gasteiger partial charge on any atom is 0.224 e. The second-order valence-corrected chi connectivity index (χ2v) is 8.87. The second-order valence-electron chi connectivity index (χ2n) is 8.43. The zero-order valence-electron chi connectivity index (χ0n) is 16.8. The Hall–Kier alpha value is -1.56. The van der Waals surface area contributed by atoms with E-state index in [1.54, 1.807) is 0 Å². The van der Waals surface area contributed by atoms with E-state index in [1.807, 2.05) is 31.2 Å². The molecule has 6 heteroatoms. The Morgan fingerprint density at radius 3 is 2.79 bits per heavy atom. The van der Waals surface area contributed by atoms with Crippen LogP contribution in [0, 0.1) is 5.92 Å². The van der Waals surface area contributed by atoms with Crippen molar-refractivity contribution in [1.29, 1.82) is 0 Å². The number of likely N-dealkylation sites (tertiary alicyclic amines) is 2. The van der Waals surface area contributed by atoms with Crippen LogP contribution in [0.1, 0.15) is 44.4 Å². The van der Waals surface area contributed by atoms with E-state index in [1.165, 1.54) is 12.8 Å². The average molecular weight is 404 g/mol. The molecule has 28 heavy (non-hydrogen) atoms. The van der Waals surface area contributed by atoms with Crippen molar-refractivity contribution in [3.8, 4) is 0 Å². The van der Waals surface area contributed by atoms with Gasteiger partial charge in [-0.3, -0.25) is 9.69 Å². The molecule has 0 bridgehead atoms. The van der Waals surface area contributed by atoms with Crippen molar-refractivity contribution in [2.24, 2.45) is 5.92 Å². The predicted octanol–water partition coefficient (Wildman–Crippen LogP) is 4.07. The third kappa shape index (κ3) is 4.37. The van der Waals surface area contributed by atoms with Crippen molar-refractivity contribution in [2.75, 3.05) is 33.2 Å². The highest BCUT2D eigenvalue weighted by Gasteiger charge is 2.31. The molecule has 5 nitrogen and oxygen atoms in total. The van der Waals surface area contributed by atoms with Crippen molar-refractivity contribution in [3.05, 3.63) is 35.0 Å². The van der Waals surface area contributed by atoms with Crippen molar-refractivity contribution in [3.63, 3.8) is 0 Å². The Morgan fingerprint density at radius 1 is 1.21 bits per heavy atom. The third-order valence-corrected chi connectivity index (χ3v) is 6.55. The largest absolute Gasteiger partial charge is 0.459 e. The average Bonchev–Trinajstić information content (AvgIpc) is 3.12. The highest BCUT2D eigenvalue weighted by atomic mass is 35.5. The topological polar surface area (TPSA) is 48.7 Å². The van der Waals surface area contributed by atoms with E-state index in [2.05, 4.69) is 22.2 Å². The summed E-state index contributed by atoms with van der Waals surface area (Å²) < 4.78 is 5.91. The van der Waals surface area contributed by atoms with E-state index < -0.39 is 0 Å². The van der Waals surface area contributed by atoms with Gasteiger partial charge < -0.3 is 14.6 Å². The van der Waals surface area contributed by atoms with Gasteiger partial charge in [-0.2, -0.15) is 0 Å². The first kappa shape index (κ1) is 19.7. The van der Waals surface area contributed by atoms with Crippen molar-refractivity contribution in [2.45, 2.75) is 44.7 Å². The molecule has 3 heterocycles. The number of furan rings is 1. The Kier molecular flexibility index (Phi) is 5.95. The monoisotopic (exact) mass is 403 g/mol. The molecule has 0 saturated carbocycles. The van der Waals surface area contributed by atoms with E-state index in [0.29, 0.717) is 11.1 Å². The van der Waals surface area contributed by atoms with Crippen LogP contribution in [0.4, 0.5) is 0 Å². The molecule has 0 spiro atoms. The Bertz CT molecular complexity index is 828. The fourth-order valence-electron chi connectivity index (χ4n) is 4.56. The summed E-state index contributed by atoms with van der Waals surface area (Å²) in [6, 6.07) is 8.02. The summed E-state index contributed by atoms with van der Waals surface area (Å²) in [6.07, 6.45) is 4.49. The van der Waals surface area contributed by atoms with Crippen LogP contribution in [0.3, 0.4) is 0 Å². The Morgan fingerprint density at radius 2 is 2.00 bits per heavy atom. The number of hydrogen-bond acceptors (Lipinski definition) is 4. The molecule has 1 aromatic carbocycles. The summed E-state index contributed by atoms with van der Waals surface area (Å²) in [6.45, 7) is 6.30. The van der Waals surface area contributed by atoms with Gasteiger partial charge in [0.1, 0.15) is 11.3 Å². The van der Waals surface area contributed by atoms with Crippen molar-refractivity contribution >= 4 is 28.5 Å². The van der Waals surface area contributed by atoms with Crippen LogP contribution in [0.5, 0.6) is 0 Å². The number of amides is 1. The number of hydrogen-bond donors (Lipinski definition) is 1. The molecule has 2 aromatic rings. The van der Waals surface area contributed by atoms with Crippen LogP contribution in [0.2, 0.25) is 5.02 Å². The minimum atomic E-state index is -0.155. The number of nitrogens with one attached hydrogen (secondary N) is 1. The molecular formula is C22H30ClN3O2. The Labute approximate surface area is 172 Å². The van der Waals surface area contributed by atoms with Gasteiger partial charge in [-0.25, -0.2) is 0 Å². The molecule has 2 fully saturated rings. The standard InChI is InChI=1S/C22H30ClN3O2/c1-15(21-13-17-12-18(23)5-6-20(17)28-21)24-22(27)16-4-3-9-26(14-16)19-7-10-25(2)11-8-19/h5-6,12-13,15-16,19H,3-4,7-11,14H2,1-2H3,(H,24,27)/t15-,16+/m1/s1. The second kappa shape index (κ2) is 8.44. The molecular weight excluding hydrogens is 374 g/mol. The molecule has 2 atom stereocenters. The van der Waals surface area contributed by atoms with E-state index in [4.69, 9.17) is 16.0 Å².